The van der Waals surface area contributed by atoms with Gasteiger partial charge in [-0.1, -0.05) is 19.9 Å². The molecule has 1 aromatic carbocycles. The van der Waals surface area contributed by atoms with Gasteiger partial charge in [0.15, 0.2) is 0 Å². The van der Waals surface area contributed by atoms with Crippen LogP contribution in [0.5, 0.6) is 0 Å². The molecule has 0 radical (unpaired) electrons. The minimum Gasteiger partial charge on any atom is -0.480 e. The number of benzene rings is 1. The number of nitrogens with two attached hydrogens (primary N) is 1. The first kappa shape index (κ1) is 20.6. The maximum absolute atomic E-state index is 12.8. The number of aromatic nitrogens is 2. The molecule has 0 saturated carbocycles. The Kier molecular flexibility index (Phi) is 7.12. The molecule has 27 heavy (non-hydrogen) atoms. The van der Waals surface area contributed by atoms with Crippen LogP contribution in [0.1, 0.15) is 48.3 Å². The van der Waals surface area contributed by atoms with Crippen LogP contribution in [0.3, 0.4) is 0 Å². The summed E-state index contributed by atoms with van der Waals surface area (Å²) in [5, 5.41) is 8.90. The number of carbonyl (C=O) groups is 2. The van der Waals surface area contributed by atoms with Gasteiger partial charge in [-0.25, -0.2) is 4.98 Å². The average molecular weight is 372 g/mol. The SMILES string of the molecule is CCCN(CCC)c1cc(C(=O)n2cnc(CC(N)C(=O)O)c2)ccc1C. The Labute approximate surface area is 159 Å². The lowest BCUT2D eigenvalue weighted by Gasteiger charge is -2.26. The van der Waals surface area contributed by atoms with Crippen molar-refractivity contribution >= 4 is 17.6 Å². The van der Waals surface area contributed by atoms with Crippen LogP contribution in [0.4, 0.5) is 5.69 Å². The summed E-state index contributed by atoms with van der Waals surface area (Å²) in [4.78, 5) is 30.1. The van der Waals surface area contributed by atoms with Crippen molar-refractivity contribution in [2.24, 2.45) is 5.73 Å². The van der Waals surface area contributed by atoms with Crippen LogP contribution in [0, 0.1) is 6.92 Å². The van der Waals surface area contributed by atoms with Gasteiger partial charge in [-0.15, -0.1) is 0 Å². The van der Waals surface area contributed by atoms with Gasteiger partial charge in [0, 0.05) is 37.0 Å². The average Bonchev–Trinajstić information content (AvgIpc) is 3.09. The number of carbonyl (C=O) groups excluding carboxylic acids is 1. The summed E-state index contributed by atoms with van der Waals surface area (Å²) in [6, 6.07) is 4.65. The molecule has 7 heteroatoms. The number of hydrogen-bond donors (Lipinski definition) is 2. The zero-order chi connectivity index (χ0) is 20.0. The van der Waals surface area contributed by atoms with Crippen molar-refractivity contribution < 1.29 is 14.7 Å². The van der Waals surface area contributed by atoms with Gasteiger partial charge >= 0.3 is 5.97 Å². The quantitative estimate of drug-likeness (QED) is 0.701. The second-order valence-electron chi connectivity index (χ2n) is 6.71. The molecule has 146 valence electrons. The molecule has 7 nitrogen and oxygen atoms in total. The molecule has 2 aromatic rings. The number of anilines is 1. The molecule has 0 bridgehead atoms. The lowest BCUT2D eigenvalue weighted by molar-refractivity contribution is -0.138. The van der Waals surface area contributed by atoms with Crippen LogP contribution in [-0.4, -0.2) is 45.7 Å². The molecule has 0 amide bonds. The topological polar surface area (TPSA) is 101 Å². The third-order valence-electron chi connectivity index (χ3n) is 4.40. The Balaban J connectivity index is 2.25. The van der Waals surface area contributed by atoms with Crippen molar-refractivity contribution in [3.05, 3.63) is 47.5 Å². The number of aryl methyl sites for hydroxylation is 1. The summed E-state index contributed by atoms with van der Waals surface area (Å²) >= 11 is 0. The highest BCUT2D eigenvalue weighted by molar-refractivity contribution is 5.97. The lowest BCUT2D eigenvalue weighted by Crippen LogP contribution is -2.32. The van der Waals surface area contributed by atoms with E-state index in [-0.39, 0.29) is 12.3 Å². The zero-order valence-corrected chi connectivity index (χ0v) is 16.2. The summed E-state index contributed by atoms with van der Waals surface area (Å²) in [7, 11) is 0. The van der Waals surface area contributed by atoms with Crippen LogP contribution >= 0.6 is 0 Å². The minimum atomic E-state index is -1.09. The van der Waals surface area contributed by atoms with Crippen molar-refractivity contribution in [2.75, 3.05) is 18.0 Å². The van der Waals surface area contributed by atoms with Gasteiger partial charge in [0.1, 0.15) is 12.4 Å². The standard InChI is InChI=1S/C20H28N4O3/c1-4-8-23(9-5-2)18-10-15(7-6-14(18)3)19(25)24-12-16(22-13-24)11-17(21)20(26)27/h6-7,10,12-13,17H,4-5,8-9,11,21H2,1-3H3,(H,26,27). The molecule has 0 saturated heterocycles. The van der Waals surface area contributed by atoms with E-state index in [9.17, 15) is 9.59 Å². The van der Waals surface area contributed by atoms with Crippen molar-refractivity contribution in [3.8, 4) is 0 Å². The molecule has 0 spiro atoms. The van der Waals surface area contributed by atoms with E-state index in [4.69, 9.17) is 10.8 Å². The van der Waals surface area contributed by atoms with E-state index in [0.717, 1.165) is 37.2 Å². The molecular formula is C20H28N4O3. The summed E-state index contributed by atoms with van der Waals surface area (Å²) in [5.74, 6) is -1.29. The van der Waals surface area contributed by atoms with Gasteiger partial charge in [0.2, 0.25) is 0 Å². The molecular weight excluding hydrogens is 344 g/mol. The number of carboxylic acid groups (broad SMARTS) is 1. The van der Waals surface area contributed by atoms with Crippen molar-refractivity contribution in [1.82, 2.24) is 9.55 Å². The van der Waals surface area contributed by atoms with E-state index in [1.165, 1.54) is 10.9 Å². The van der Waals surface area contributed by atoms with Crippen LogP contribution in [-0.2, 0) is 11.2 Å². The normalized spacial score (nSPS) is 12.0. The van der Waals surface area contributed by atoms with Crippen LogP contribution < -0.4 is 10.6 Å². The second-order valence-corrected chi connectivity index (χ2v) is 6.71. The van der Waals surface area contributed by atoms with Crippen LogP contribution in [0.25, 0.3) is 0 Å². The number of carboxylic acids is 1. The van der Waals surface area contributed by atoms with E-state index in [0.29, 0.717) is 11.3 Å². The molecule has 1 unspecified atom stereocenters. The number of rotatable bonds is 9. The second kappa shape index (κ2) is 9.32. The van der Waals surface area contributed by atoms with Crippen LogP contribution in [0.2, 0.25) is 0 Å². The summed E-state index contributed by atoms with van der Waals surface area (Å²) in [6.45, 7) is 8.21. The molecule has 0 aliphatic heterocycles. The van der Waals surface area contributed by atoms with Crippen molar-refractivity contribution in [3.63, 3.8) is 0 Å². The van der Waals surface area contributed by atoms with Gasteiger partial charge in [-0.3, -0.25) is 14.2 Å². The maximum Gasteiger partial charge on any atom is 0.320 e. The molecule has 0 aliphatic rings. The number of hydrogen-bond acceptors (Lipinski definition) is 5. The Morgan fingerprint density at radius 2 is 1.93 bits per heavy atom. The monoisotopic (exact) mass is 372 g/mol. The van der Waals surface area contributed by atoms with Crippen LogP contribution in [0.15, 0.2) is 30.7 Å². The van der Waals surface area contributed by atoms with Gasteiger partial charge in [0.05, 0.1) is 5.69 Å². The Morgan fingerprint density at radius 3 is 2.52 bits per heavy atom. The van der Waals surface area contributed by atoms with E-state index in [1.54, 1.807) is 12.3 Å². The molecule has 3 N–H and O–H groups in total. The molecule has 1 atom stereocenters. The highest BCUT2D eigenvalue weighted by Crippen LogP contribution is 2.23. The molecule has 1 heterocycles. The molecule has 2 rings (SSSR count). The fourth-order valence-corrected chi connectivity index (χ4v) is 3.02. The predicted molar refractivity (Wildman–Crippen MR) is 105 cm³/mol. The lowest BCUT2D eigenvalue weighted by atomic mass is 10.1. The number of imidazole rings is 1. The van der Waals surface area contributed by atoms with E-state index in [2.05, 4.69) is 23.7 Å². The van der Waals surface area contributed by atoms with Gasteiger partial charge in [0.25, 0.3) is 5.91 Å². The van der Waals surface area contributed by atoms with Crippen molar-refractivity contribution in [1.29, 1.82) is 0 Å². The molecule has 0 fully saturated rings. The largest absolute Gasteiger partial charge is 0.480 e. The number of aliphatic carboxylic acids is 1. The van der Waals surface area contributed by atoms with E-state index < -0.39 is 12.0 Å². The summed E-state index contributed by atoms with van der Waals surface area (Å²) < 4.78 is 1.38. The minimum absolute atomic E-state index is 0.0789. The molecule has 1 aromatic heterocycles. The smallest absolute Gasteiger partial charge is 0.320 e. The van der Waals surface area contributed by atoms with Gasteiger partial charge < -0.3 is 15.7 Å². The Hall–Kier alpha value is -2.67. The first-order valence-corrected chi connectivity index (χ1v) is 9.28. The zero-order valence-electron chi connectivity index (χ0n) is 16.2. The van der Waals surface area contributed by atoms with Gasteiger partial charge in [-0.05, 0) is 37.5 Å². The molecule has 0 aliphatic carbocycles. The van der Waals surface area contributed by atoms with Crippen molar-refractivity contribution in [2.45, 2.75) is 46.1 Å². The first-order valence-electron chi connectivity index (χ1n) is 9.28. The first-order chi connectivity index (χ1) is 12.9. The maximum atomic E-state index is 12.8. The predicted octanol–water partition coefficient (Wildman–Crippen LogP) is 2.46. The highest BCUT2D eigenvalue weighted by atomic mass is 16.4. The Morgan fingerprint density at radius 1 is 1.26 bits per heavy atom. The highest BCUT2D eigenvalue weighted by Gasteiger charge is 2.17. The fraction of sp³-hybridized carbons (Fsp3) is 0.450. The number of nitrogens with zero attached hydrogens (tertiary/aromatic N) is 3. The fourth-order valence-electron chi connectivity index (χ4n) is 3.02. The van der Waals surface area contributed by atoms with Gasteiger partial charge in [-0.2, -0.15) is 0 Å². The summed E-state index contributed by atoms with van der Waals surface area (Å²) in [5.41, 5.74) is 8.78. The summed E-state index contributed by atoms with van der Waals surface area (Å²) in [6.07, 6.45) is 5.09. The third kappa shape index (κ3) is 5.17. The van der Waals surface area contributed by atoms with E-state index >= 15 is 0 Å². The Bertz CT molecular complexity index is 794. The third-order valence-corrected chi connectivity index (χ3v) is 4.40. The van der Waals surface area contributed by atoms with E-state index in [1.807, 2.05) is 19.1 Å².